The van der Waals surface area contributed by atoms with Crippen LogP contribution in [-0.4, -0.2) is 46.3 Å². The van der Waals surface area contributed by atoms with Crippen LogP contribution in [0.3, 0.4) is 0 Å². The highest BCUT2D eigenvalue weighted by Crippen LogP contribution is 2.52. The lowest BCUT2D eigenvalue weighted by atomic mass is 9.85. The zero-order chi connectivity index (χ0) is 17.0. The number of allylic oxidation sites excluding steroid dienone is 2. The second-order valence-electron chi connectivity index (χ2n) is 6.94. The molecule has 0 unspecified atom stereocenters. The number of carbonyl (C=O) groups is 3. The summed E-state index contributed by atoms with van der Waals surface area (Å²) in [6, 6.07) is 1.75. The Morgan fingerprint density at radius 2 is 1.92 bits per heavy atom. The quantitative estimate of drug-likeness (QED) is 0.601. The van der Waals surface area contributed by atoms with Crippen LogP contribution in [0, 0.1) is 30.6 Å². The van der Waals surface area contributed by atoms with Gasteiger partial charge in [0.25, 0.3) is 0 Å². The molecule has 0 aromatic carbocycles. The van der Waals surface area contributed by atoms with Crippen LogP contribution in [-0.2, 0) is 20.9 Å². The van der Waals surface area contributed by atoms with Crippen molar-refractivity contribution in [2.24, 2.45) is 23.7 Å². The van der Waals surface area contributed by atoms with Gasteiger partial charge in [-0.15, -0.1) is 0 Å². The van der Waals surface area contributed by atoms with Crippen LogP contribution < -0.4 is 0 Å². The summed E-state index contributed by atoms with van der Waals surface area (Å²) in [5.74, 6) is -0.196. The molecule has 7 nitrogen and oxygen atoms in total. The first-order valence-electron chi connectivity index (χ1n) is 8.15. The van der Waals surface area contributed by atoms with Crippen LogP contribution in [0.25, 0.3) is 0 Å². The van der Waals surface area contributed by atoms with Crippen molar-refractivity contribution in [2.45, 2.75) is 19.9 Å². The van der Waals surface area contributed by atoms with E-state index in [0.717, 1.165) is 11.3 Å². The van der Waals surface area contributed by atoms with E-state index in [4.69, 9.17) is 4.52 Å². The zero-order valence-electron chi connectivity index (χ0n) is 13.6. The minimum absolute atomic E-state index is 0.160. The lowest BCUT2D eigenvalue weighted by Gasteiger charge is -2.21. The average molecular weight is 329 g/mol. The van der Waals surface area contributed by atoms with E-state index in [1.807, 2.05) is 12.2 Å². The Morgan fingerprint density at radius 1 is 1.29 bits per heavy atom. The van der Waals surface area contributed by atoms with E-state index >= 15 is 0 Å². The van der Waals surface area contributed by atoms with Gasteiger partial charge >= 0.3 is 0 Å². The fraction of sp³-hybridized carbons (Fsp3) is 0.529. The van der Waals surface area contributed by atoms with Crippen molar-refractivity contribution >= 4 is 17.7 Å². The van der Waals surface area contributed by atoms with Gasteiger partial charge < -0.3 is 9.42 Å². The number of carbonyl (C=O) groups excluding carboxylic acids is 3. The van der Waals surface area contributed by atoms with E-state index in [0.29, 0.717) is 11.5 Å². The minimum atomic E-state index is -0.280. The van der Waals surface area contributed by atoms with Gasteiger partial charge in [0.15, 0.2) is 0 Å². The number of likely N-dealkylation sites (N-methyl/N-ethyl adjacent to an activating group) is 1. The summed E-state index contributed by atoms with van der Waals surface area (Å²) < 4.78 is 4.98. The molecule has 1 saturated carbocycles. The molecular weight excluding hydrogens is 310 g/mol. The van der Waals surface area contributed by atoms with Crippen molar-refractivity contribution in [3.05, 3.63) is 29.7 Å². The monoisotopic (exact) mass is 329 g/mol. The largest absolute Gasteiger partial charge is 0.361 e. The molecule has 1 aromatic heterocycles. The molecule has 0 radical (unpaired) electrons. The van der Waals surface area contributed by atoms with Crippen LogP contribution in [0.5, 0.6) is 0 Å². The van der Waals surface area contributed by atoms with Gasteiger partial charge in [0.1, 0.15) is 18.0 Å². The van der Waals surface area contributed by atoms with Crippen LogP contribution in [0.15, 0.2) is 22.7 Å². The van der Waals surface area contributed by atoms with E-state index < -0.39 is 0 Å². The van der Waals surface area contributed by atoms with Gasteiger partial charge in [0, 0.05) is 13.1 Å². The summed E-state index contributed by atoms with van der Waals surface area (Å²) in [7, 11) is 1.63. The first-order chi connectivity index (χ1) is 11.5. The van der Waals surface area contributed by atoms with E-state index in [1.165, 1.54) is 4.90 Å². The molecular formula is C17H19N3O4. The molecule has 126 valence electrons. The number of hydrogen-bond donors (Lipinski definition) is 0. The predicted octanol–water partition coefficient (Wildman–Crippen LogP) is 0.749. The third-order valence-electron chi connectivity index (χ3n) is 5.36. The summed E-state index contributed by atoms with van der Waals surface area (Å²) in [6.45, 7) is 1.87. The first-order valence-corrected chi connectivity index (χ1v) is 8.15. The van der Waals surface area contributed by atoms with Gasteiger partial charge in [-0.1, -0.05) is 17.3 Å². The summed E-state index contributed by atoms with van der Waals surface area (Å²) in [5.41, 5.74) is 0.640. The molecule has 2 bridgehead atoms. The van der Waals surface area contributed by atoms with Crippen molar-refractivity contribution in [1.82, 2.24) is 15.0 Å². The molecule has 24 heavy (non-hydrogen) atoms. The van der Waals surface area contributed by atoms with E-state index in [-0.39, 0.29) is 54.5 Å². The molecule has 2 aliphatic carbocycles. The van der Waals surface area contributed by atoms with Gasteiger partial charge in [-0.2, -0.15) is 0 Å². The smallest absolute Gasteiger partial charge is 0.242 e. The second-order valence-corrected chi connectivity index (χ2v) is 6.94. The van der Waals surface area contributed by atoms with E-state index in [9.17, 15) is 14.4 Å². The highest BCUT2D eigenvalue weighted by molar-refractivity contribution is 6.08. The molecule has 2 heterocycles. The van der Waals surface area contributed by atoms with E-state index in [1.54, 1.807) is 20.0 Å². The Kier molecular flexibility index (Phi) is 3.33. The van der Waals surface area contributed by atoms with E-state index in [2.05, 4.69) is 5.16 Å². The lowest BCUT2D eigenvalue weighted by molar-refractivity contribution is -0.146. The molecule has 1 aliphatic heterocycles. The number of aryl methyl sites for hydroxylation is 1. The summed E-state index contributed by atoms with van der Waals surface area (Å²) in [5, 5.41) is 3.85. The number of nitrogens with zero attached hydrogens (tertiary/aromatic N) is 3. The minimum Gasteiger partial charge on any atom is -0.361 e. The summed E-state index contributed by atoms with van der Waals surface area (Å²) in [4.78, 5) is 40.2. The summed E-state index contributed by atoms with van der Waals surface area (Å²) in [6.07, 6.45) is 4.97. The highest BCUT2D eigenvalue weighted by Gasteiger charge is 2.59. The van der Waals surface area contributed by atoms with Crippen molar-refractivity contribution < 1.29 is 18.9 Å². The van der Waals surface area contributed by atoms with Crippen molar-refractivity contribution in [3.63, 3.8) is 0 Å². The number of imide groups is 1. The third kappa shape index (κ3) is 2.18. The Bertz CT molecular complexity index is 723. The molecule has 4 atom stereocenters. The molecule has 2 fully saturated rings. The topological polar surface area (TPSA) is 83.7 Å². The van der Waals surface area contributed by atoms with Crippen molar-refractivity contribution in [3.8, 4) is 0 Å². The molecule has 0 spiro atoms. The Labute approximate surface area is 139 Å². The fourth-order valence-corrected chi connectivity index (χ4v) is 4.20. The number of aromatic nitrogens is 1. The Balaban J connectivity index is 1.43. The molecule has 4 rings (SSSR count). The van der Waals surface area contributed by atoms with Gasteiger partial charge in [-0.05, 0) is 25.2 Å². The second kappa shape index (κ2) is 5.29. The zero-order valence-corrected chi connectivity index (χ0v) is 13.6. The molecule has 3 amide bonds. The maximum atomic E-state index is 12.6. The SMILES string of the molecule is Cc1cc(CN(C)C(=O)CN2C(=O)[C@H]3[C@H](C2=O)[C@H]2C=C[C@H]3C2)no1. The van der Waals surface area contributed by atoms with Crippen LogP contribution in [0.4, 0.5) is 0 Å². The molecule has 7 heteroatoms. The van der Waals surface area contributed by atoms with Crippen LogP contribution in [0.2, 0.25) is 0 Å². The number of amides is 3. The molecule has 3 aliphatic rings. The molecule has 1 saturated heterocycles. The fourth-order valence-electron chi connectivity index (χ4n) is 4.20. The normalized spacial score (nSPS) is 30.3. The first kappa shape index (κ1) is 15.1. The maximum Gasteiger partial charge on any atom is 0.242 e. The third-order valence-corrected chi connectivity index (χ3v) is 5.36. The van der Waals surface area contributed by atoms with Gasteiger partial charge in [0.2, 0.25) is 17.7 Å². The molecule has 1 aromatic rings. The van der Waals surface area contributed by atoms with Crippen molar-refractivity contribution in [2.75, 3.05) is 13.6 Å². The summed E-state index contributed by atoms with van der Waals surface area (Å²) >= 11 is 0. The molecule has 0 N–H and O–H groups in total. The number of likely N-dealkylation sites (tertiary alicyclic amines) is 1. The number of rotatable bonds is 4. The van der Waals surface area contributed by atoms with Crippen molar-refractivity contribution in [1.29, 1.82) is 0 Å². The highest BCUT2D eigenvalue weighted by atomic mass is 16.5. The number of fused-ring (bicyclic) bond motifs is 5. The average Bonchev–Trinajstić information content (AvgIpc) is 3.29. The maximum absolute atomic E-state index is 12.6. The van der Waals surface area contributed by atoms with Gasteiger partial charge in [-0.3, -0.25) is 19.3 Å². The Morgan fingerprint density at radius 3 is 2.46 bits per heavy atom. The Hall–Kier alpha value is -2.44. The van der Waals surface area contributed by atoms with Gasteiger partial charge in [-0.25, -0.2) is 0 Å². The standard InChI is InChI=1S/C17H19N3O4/c1-9-5-12(18-24-9)7-19(2)13(21)8-20-16(22)14-10-3-4-11(6-10)15(14)17(20)23/h3-5,10-11,14-15H,6-8H2,1-2H3/t10-,11-,14+,15+/m0/s1. The van der Waals surface area contributed by atoms with Crippen LogP contribution >= 0.6 is 0 Å². The van der Waals surface area contributed by atoms with Gasteiger partial charge in [0.05, 0.1) is 18.4 Å². The van der Waals surface area contributed by atoms with Crippen LogP contribution in [0.1, 0.15) is 17.9 Å². The predicted molar refractivity (Wildman–Crippen MR) is 82.2 cm³/mol. The lowest BCUT2D eigenvalue weighted by Crippen LogP contribution is -2.42. The number of hydrogen-bond acceptors (Lipinski definition) is 5.